The van der Waals surface area contributed by atoms with E-state index in [1.54, 1.807) is 0 Å². The molecule has 0 aliphatic carbocycles. The molecule has 1 amide bonds. The first-order valence-electron chi connectivity index (χ1n) is 5.93. The molecule has 1 rings (SSSR count). The van der Waals surface area contributed by atoms with Crippen LogP contribution in [0, 0.1) is 0 Å². The Labute approximate surface area is 107 Å². The average molecular weight is 255 g/mol. The molecule has 0 saturated carbocycles. The monoisotopic (exact) mass is 254 g/mol. The number of carbonyl (C=O) groups excluding carboxylic acids is 1. The van der Waals surface area contributed by atoms with Gasteiger partial charge in [-0.25, -0.2) is 0 Å². The van der Waals surface area contributed by atoms with Crippen molar-refractivity contribution in [3.63, 3.8) is 0 Å². The van der Waals surface area contributed by atoms with Gasteiger partial charge >= 0.3 is 0 Å². The molecule has 3 nitrogen and oxygen atoms in total. The fourth-order valence-corrected chi connectivity index (χ4v) is 1.64. The van der Waals surface area contributed by atoms with Crippen molar-refractivity contribution in [3.05, 3.63) is 34.9 Å². The van der Waals surface area contributed by atoms with Crippen molar-refractivity contribution in [2.24, 2.45) is 5.73 Å². The summed E-state index contributed by atoms with van der Waals surface area (Å²) < 4.78 is 0. The lowest BCUT2D eigenvalue weighted by atomic mass is 10.1. The minimum Gasteiger partial charge on any atom is -0.356 e. The van der Waals surface area contributed by atoms with Gasteiger partial charge in [0.1, 0.15) is 0 Å². The van der Waals surface area contributed by atoms with Crippen LogP contribution in [0.4, 0.5) is 0 Å². The van der Waals surface area contributed by atoms with Gasteiger partial charge in [-0.15, -0.1) is 0 Å². The molecule has 0 atom stereocenters. The third-order valence-electron chi connectivity index (χ3n) is 2.51. The molecule has 17 heavy (non-hydrogen) atoms. The van der Waals surface area contributed by atoms with Crippen LogP contribution in [0.3, 0.4) is 0 Å². The Bertz CT molecular complexity index is 338. The van der Waals surface area contributed by atoms with E-state index in [-0.39, 0.29) is 5.91 Å². The molecule has 0 aliphatic rings. The first-order chi connectivity index (χ1) is 8.22. The maximum atomic E-state index is 11.4. The molecule has 0 fully saturated rings. The molecule has 0 bridgehead atoms. The normalized spacial score (nSPS) is 10.2. The fourth-order valence-electron chi connectivity index (χ4n) is 1.52. The largest absolute Gasteiger partial charge is 0.356 e. The quantitative estimate of drug-likeness (QED) is 0.733. The Kier molecular flexibility index (Phi) is 6.67. The van der Waals surface area contributed by atoms with Gasteiger partial charge < -0.3 is 11.1 Å². The highest BCUT2D eigenvalue weighted by molar-refractivity contribution is 6.30. The number of rotatable bonds is 7. The summed E-state index contributed by atoms with van der Waals surface area (Å²) in [6.07, 6.45) is 3.17. The van der Waals surface area contributed by atoms with Gasteiger partial charge in [0, 0.05) is 18.0 Å². The van der Waals surface area contributed by atoms with E-state index in [4.69, 9.17) is 17.3 Å². The standard InChI is InChI=1S/C13H19ClN2O/c14-12-6-4-11(5-7-12)8-10-16-13(17)3-1-2-9-15/h4-7H,1-3,8-10,15H2,(H,16,17). The number of carbonyl (C=O) groups is 1. The molecule has 0 unspecified atom stereocenters. The average Bonchev–Trinajstić information content (AvgIpc) is 2.32. The number of halogens is 1. The van der Waals surface area contributed by atoms with E-state index in [1.165, 1.54) is 5.56 Å². The molecule has 0 radical (unpaired) electrons. The van der Waals surface area contributed by atoms with Crippen LogP contribution in [0.25, 0.3) is 0 Å². The Morgan fingerprint density at radius 2 is 1.94 bits per heavy atom. The minimum absolute atomic E-state index is 0.104. The molecular formula is C13H19ClN2O. The van der Waals surface area contributed by atoms with E-state index in [0.717, 1.165) is 24.3 Å². The summed E-state index contributed by atoms with van der Waals surface area (Å²) in [5.74, 6) is 0.104. The van der Waals surface area contributed by atoms with Crippen LogP contribution in [-0.2, 0) is 11.2 Å². The van der Waals surface area contributed by atoms with Gasteiger partial charge in [-0.05, 0) is 43.5 Å². The number of amides is 1. The van der Waals surface area contributed by atoms with Crippen LogP contribution in [0.2, 0.25) is 5.02 Å². The lowest BCUT2D eigenvalue weighted by Crippen LogP contribution is -2.25. The Balaban J connectivity index is 2.14. The van der Waals surface area contributed by atoms with Crippen LogP contribution in [0.15, 0.2) is 24.3 Å². The Morgan fingerprint density at radius 1 is 1.24 bits per heavy atom. The van der Waals surface area contributed by atoms with Gasteiger partial charge in [0.2, 0.25) is 5.91 Å². The summed E-state index contributed by atoms with van der Waals surface area (Å²) in [6.45, 7) is 1.32. The van der Waals surface area contributed by atoms with Crippen LogP contribution in [0.5, 0.6) is 0 Å². The molecule has 0 saturated heterocycles. The van der Waals surface area contributed by atoms with Crippen molar-refractivity contribution in [1.29, 1.82) is 0 Å². The third kappa shape index (κ3) is 6.29. The van der Waals surface area contributed by atoms with E-state index in [1.807, 2.05) is 24.3 Å². The lowest BCUT2D eigenvalue weighted by molar-refractivity contribution is -0.121. The predicted octanol–water partition coefficient (Wildman–Crippen LogP) is 2.13. The number of hydrogen-bond donors (Lipinski definition) is 2. The van der Waals surface area contributed by atoms with Crippen LogP contribution in [-0.4, -0.2) is 19.0 Å². The zero-order chi connectivity index (χ0) is 12.5. The van der Waals surface area contributed by atoms with Gasteiger partial charge in [-0.1, -0.05) is 23.7 Å². The Morgan fingerprint density at radius 3 is 2.59 bits per heavy atom. The summed E-state index contributed by atoms with van der Waals surface area (Å²) in [7, 11) is 0. The molecule has 0 aromatic heterocycles. The highest BCUT2D eigenvalue weighted by Crippen LogP contribution is 2.09. The number of unbranched alkanes of at least 4 members (excludes halogenated alkanes) is 1. The number of nitrogens with one attached hydrogen (secondary N) is 1. The van der Waals surface area contributed by atoms with Gasteiger partial charge in [-0.3, -0.25) is 4.79 Å². The van der Waals surface area contributed by atoms with Crippen LogP contribution in [0.1, 0.15) is 24.8 Å². The second-order valence-electron chi connectivity index (χ2n) is 3.97. The highest BCUT2D eigenvalue weighted by Gasteiger charge is 2.00. The second-order valence-corrected chi connectivity index (χ2v) is 4.41. The van der Waals surface area contributed by atoms with Gasteiger partial charge in [0.15, 0.2) is 0 Å². The third-order valence-corrected chi connectivity index (χ3v) is 2.76. The lowest BCUT2D eigenvalue weighted by Gasteiger charge is -2.05. The fraction of sp³-hybridized carbons (Fsp3) is 0.462. The topological polar surface area (TPSA) is 55.1 Å². The number of benzene rings is 1. The zero-order valence-electron chi connectivity index (χ0n) is 9.92. The van der Waals surface area contributed by atoms with Gasteiger partial charge in [0.05, 0.1) is 0 Å². The first-order valence-corrected chi connectivity index (χ1v) is 6.31. The molecule has 0 aliphatic heterocycles. The van der Waals surface area contributed by atoms with Crippen molar-refractivity contribution >= 4 is 17.5 Å². The molecular weight excluding hydrogens is 236 g/mol. The number of nitrogens with two attached hydrogens (primary N) is 1. The summed E-state index contributed by atoms with van der Waals surface area (Å²) >= 11 is 5.79. The zero-order valence-corrected chi connectivity index (χ0v) is 10.7. The molecule has 4 heteroatoms. The maximum Gasteiger partial charge on any atom is 0.220 e. The molecule has 1 aromatic rings. The van der Waals surface area contributed by atoms with E-state index in [0.29, 0.717) is 19.5 Å². The molecule has 1 aromatic carbocycles. The molecule has 0 spiro atoms. The van der Waals surface area contributed by atoms with Gasteiger partial charge in [-0.2, -0.15) is 0 Å². The molecule has 0 heterocycles. The van der Waals surface area contributed by atoms with Crippen molar-refractivity contribution < 1.29 is 4.79 Å². The first kappa shape index (κ1) is 14.0. The van der Waals surface area contributed by atoms with Crippen molar-refractivity contribution in [2.75, 3.05) is 13.1 Å². The molecule has 3 N–H and O–H groups in total. The van der Waals surface area contributed by atoms with Crippen molar-refractivity contribution in [1.82, 2.24) is 5.32 Å². The second kappa shape index (κ2) is 8.09. The Hall–Kier alpha value is -1.06. The predicted molar refractivity (Wildman–Crippen MR) is 71.1 cm³/mol. The van der Waals surface area contributed by atoms with Crippen LogP contribution >= 0.6 is 11.6 Å². The summed E-state index contributed by atoms with van der Waals surface area (Å²) in [6, 6.07) is 7.67. The minimum atomic E-state index is 0.104. The maximum absolute atomic E-state index is 11.4. The number of hydrogen-bond acceptors (Lipinski definition) is 2. The summed E-state index contributed by atoms with van der Waals surface area (Å²) in [4.78, 5) is 11.4. The van der Waals surface area contributed by atoms with Crippen LogP contribution < -0.4 is 11.1 Å². The molecule has 94 valence electrons. The van der Waals surface area contributed by atoms with E-state index >= 15 is 0 Å². The highest BCUT2D eigenvalue weighted by atomic mass is 35.5. The van der Waals surface area contributed by atoms with E-state index in [2.05, 4.69) is 5.32 Å². The van der Waals surface area contributed by atoms with Crippen molar-refractivity contribution in [2.45, 2.75) is 25.7 Å². The van der Waals surface area contributed by atoms with Crippen molar-refractivity contribution in [3.8, 4) is 0 Å². The van der Waals surface area contributed by atoms with E-state index in [9.17, 15) is 4.79 Å². The van der Waals surface area contributed by atoms with E-state index < -0.39 is 0 Å². The SMILES string of the molecule is NCCCCC(=O)NCCc1ccc(Cl)cc1. The van der Waals surface area contributed by atoms with Gasteiger partial charge in [0.25, 0.3) is 0 Å². The summed E-state index contributed by atoms with van der Waals surface area (Å²) in [5, 5.41) is 3.63. The summed E-state index contributed by atoms with van der Waals surface area (Å²) in [5.41, 5.74) is 6.54. The smallest absolute Gasteiger partial charge is 0.220 e.